The number of carbonyl (C=O) groups is 3. The molecule has 5 heteroatoms. The summed E-state index contributed by atoms with van der Waals surface area (Å²) in [5.74, 6) is -2.63. The topological polar surface area (TPSA) is 69.7 Å². The Morgan fingerprint density at radius 1 is 1.10 bits per heavy atom. The predicted octanol–water partition coefficient (Wildman–Crippen LogP) is 1.71. The van der Waals surface area contributed by atoms with Gasteiger partial charge in [-0.25, -0.2) is 0 Å². The standard InChI is InChI=1S/C16H18O5/c1-3-20-14(18)16(15(19)21-4-2)12(10-17)13(16)11-8-6-5-7-9-11/h5-10,12-13H,3-4H2,1-2H3/t12-,13-/m0/s1. The van der Waals surface area contributed by atoms with Crippen molar-refractivity contribution in [1.82, 2.24) is 0 Å². The molecule has 112 valence electrons. The minimum absolute atomic E-state index is 0.146. The van der Waals surface area contributed by atoms with Crippen molar-refractivity contribution in [3.63, 3.8) is 0 Å². The third-order valence-electron chi connectivity index (χ3n) is 3.80. The molecule has 0 aliphatic heterocycles. The number of aldehydes is 1. The van der Waals surface area contributed by atoms with E-state index in [2.05, 4.69) is 0 Å². The van der Waals surface area contributed by atoms with Crippen molar-refractivity contribution < 1.29 is 23.9 Å². The first-order chi connectivity index (χ1) is 10.1. The van der Waals surface area contributed by atoms with Crippen molar-refractivity contribution in [3.8, 4) is 0 Å². The second-order valence-electron chi connectivity index (χ2n) is 4.86. The molecule has 0 spiro atoms. The van der Waals surface area contributed by atoms with E-state index in [1.807, 2.05) is 6.07 Å². The van der Waals surface area contributed by atoms with Gasteiger partial charge in [-0.15, -0.1) is 0 Å². The van der Waals surface area contributed by atoms with E-state index >= 15 is 0 Å². The highest BCUT2D eigenvalue weighted by Gasteiger charge is 2.77. The molecule has 2 atom stereocenters. The Kier molecular flexibility index (Phi) is 4.40. The Morgan fingerprint density at radius 2 is 1.62 bits per heavy atom. The van der Waals surface area contributed by atoms with Gasteiger partial charge in [-0.05, 0) is 19.4 Å². The van der Waals surface area contributed by atoms with Gasteiger partial charge in [0, 0.05) is 5.92 Å². The molecule has 0 bridgehead atoms. The molecule has 5 nitrogen and oxygen atoms in total. The van der Waals surface area contributed by atoms with Gasteiger partial charge >= 0.3 is 11.9 Å². The van der Waals surface area contributed by atoms with Crippen LogP contribution in [-0.2, 0) is 23.9 Å². The minimum atomic E-state index is -1.53. The molecule has 0 unspecified atom stereocenters. The van der Waals surface area contributed by atoms with Crippen molar-refractivity contribution in [2.75, 3.05) is 13.2 Å². The number of benzene rings is 1. The van der Waals surface area contributed by atoms with E-state index in [1.165, 1.54) is 0 Å². The first-order valence-electron chi connectivity index (χ1n) is 6.99. The summed E-state index contributed by atoms with van der Waals surface area (Å²) >= 11 is 0. The van der Waals surface area contributed by atoms with Gasteiger partial charge < -0.3 is 14.3 Å². The Labute approximate surface area is 123 Å². The third kappa shape index (κ3) is 2.33. The molecule has 1 aliphatic rings. The number of ether oxygens (including phenoxy) is 2. The number of hydrogen-bond acceptors (Lipinski definition) is 5. The first-order valence-corrected chi connectivity index (χ1v) is 6.99. The van der Waals surface area contributed by atoms with Gasteiger partial charge in [0.1, 0.15) is 6.29 Å². The van der Waals surface area contributed by atoms with E-state index in [4.69, 9.17) is 9.47 Å². The smallest absolute Gasteiger partial charge is 0.324 e. The van der Waals surface area contributed by atoms with Crippen LogP contribution >= 0.6 is 0 Å². The molecule has 0 heterocycles. The second kappa shape index (κ2) is 6.08. The van der Waals surface area contributed by atoms with Crippen LogP contribution in [0.1, 0.15) is 25.3 Å². The molecule has 1 aliphatic carbocycles. The van der Waals surface area contributed by atoms with Crippen LogP contribution in [0, 0.1) is 11.3 Å². The van der Waals surface area contributed by atoms with Crippen LogP contribution in [0.5, 0.6) is 0 Å². The van der Waals surface area contributed by atoms with Crippen molar-refractivity contribution in [1.29, 1.82) is 0 Å². The summed E-state index contributed by atoms with van der Waals surface area (Å²) in [6.07, 6.45) is 0.644. The molecule has 0 saturated heterocycles. The summed E-state index contributed by atoms with van der Waals surface area (Å²) in [5.41, 5.74) is -0.773. The Hall–Kier alpha value is -2.17. The first kappa shape index (κ1) is 15.2. The maximum absolute atomic E-state index is 12.3. The zero-order valence-electron chi connectivity index (χ0n) is 12.1. The van der Waals surface area contributed by atoms with Gasteiger partial charge in [0.25, 0.3) is 0 Å². The van der Waals surface area contributed by atoms with Crippen molar-refractivity contribution in [3.05, 3.63) is 35.9 Å². The zero-order valence-corrected chi connectivity index (χ0v) is 12.1. The predicted molar refractivity (Wildman–Crippen MR) is 74.4 cm³/mol. The van der Waals surface area contributed by atoms with E-state index in [-0.39, 0.29) is 13.2 Å². The molecule has 0 aromatic heterocycles. The fourth-order valence-electron chi connectivity index (χ4n) is 2.84. The van der Waals surface area contributed by atoms with Crippen LogP contribution < -0.4 is 0 Å². The van der Waals surface area contributed by atoms with Gasteiger partial charge in [0.2, 0.25) is 0 Å². The van der Waals surface area contributed by atoms with Gasteiger partial charge in [-0.3, -0.25) is 9.59 Å². The SMILES string of the molecule is CCOC(=O)C1(C(=O)OCC)[C@@H](C=O)[C@@H]1c1ccccc1. The van der Waals surface area contributed by atoms with Gasteiger partial charge in [-0.2, -0.15) is 0 Å². The summed E-state index contributed by atoms with van der Waals surface area (Å²) in [4.78, 5) is 36.0. The molecular formula is C16H18O5. The summed E-state index contributed by atoms with van der Waals surface area (Å²) in [5, 5.41) is 0. The highest BCUT2D eigenvalue weighted by molar-refractivity contribution is 6.09. The van der Waals surface area contributed by atoms with Gasteiger partial charge in [0.15, 0.2) is 5.41 Å². The van der Waals surface area contributed by atoms with Gasteiger partial charge in [-0.1, -0.05) is 30.3 Å². The zero-order chi connectivity index (χ0) is 15.5. The number of esters is 2. The number of rotatable bonds is 6. The molecule has 2 rings (SSSR count). The Bertz CT molecular complexity index is 519. The van der Waals surface area contributed by atoms with Crippen LogP contribution in [0.4, 0.5) is 0 Å². The summed E-state index contributed by atoms with van der Waals surface area (Å²) < 4.78 is 10.0. The lowest BCUT2D eigenvalue weighted by Crippen LogP contribution is -2.33. The maximum atomic E-state index is 12.3. The lowest BCUT2D eigenvalue weighted by molar-refractivity contribution is -0.165. The molecule has 21 heavy (non-hydrogen) atoms. The molecule has 1 aromatic carbocycles. The molecule has 1 fully saturated rings. The highest BCUT2D eigenvalue weighted by Crippen LogP contribution is 2.65. The lowest BCUT2D eigenvalue weighted by Gasteiger charge is -2.14. The molecular weight excluding hydrogens is 272 g/mol. The van der Waals surface area contributed by atoms with Crippen LogP contribution in [-0.4, -0.2) is 31.4 Å². The summed E-state index contributed by atoms with van der Waals surface area (Å²) in [7, 11) is 0. The highest BCUT2D eigenvalue weighted by atomic mass is 16.6. The van der Waals surface area contributed by atoms with Crippen LogP contribution in [0.25, 0.3) is 0 Å². The molecule has 0 N–H and O–H groups in total. The molecule has 0 amide bonds. The molecule has 1 saturated carbocycles. The lowest BCUT2D eigenvalue weighted by atomic mass is 9.99. The van der Waals surface area contributed by atoms with E-state index < -0.39 is 29.2 Å². The molecule has 1 aromatic rings. The van der Waals surface area contributed by atoms with E-state index in [1.54, 1.807) is 38.1 Å². The number of hydrogen-bond donors (Lipinski definition) is 0. The average molecular weight is 290 g/mol. The minimum Gasteiger partial charge on any atom is -0.465 e. The van der Waals surface area contributed by atoms with E-state index in [0.29, 0.717) is 6.29 Å². The van der Waals surface area contributed by atoms with Crippen LogP contribution in [0.2, 0.25) is 0 Å². The fraction of sp³-hybridized carbons (Fsp3) is 0.438. The third-order valence-corrected chi connectivity index (χ3v) is 3.80. The Balaban J connectivity index is 2.42. The quantitative estimate of drug-likeness (QED) is 0.453. The maximum Gasteiger partial charge on any atom is 0.324 e. The molecule has 0 radical (unpaired) electrons. The summed E-state index contributed by atoms with van der Waals surface area (Å²) in [6.45, 7) is 3.61. The normalized spacial score (nSPS) is 22.2. The second-order valence-corrected chi connectivity index (χ2v) is 4.86. The average Bonchev–Trinajstić information content (AvgIpc) is 3.19. The van der Waals surface area contributed by atoms with Crippen molar-refractivity contribution >= 4 is 18.2 Å². The van der Waals surface area contributed by atoms with Crippen LogP contribution in [0.15, 0.2) is 30.3 Å². The summed E-state index contributed by atoms with van der Waals surface area (Å²) in [6, 6.07) is 9.02. The Morgan fingerprint density at radius 3 is 2.05 bits per heavy atom. The van der Waals surface area contributed by atoms with E-state index in [9.17, 15) is 14.4 Å². The van der Waals surface area contributed by atoms with Crippen molar-refractivity contribution in [2.24, 2.45) is 11.3 Å². The number of carbonyl (C=O) groups excluding carboxylic acids is 3. The van der Waals surface area contributed by atoms with Crippen LogP contribution in [0.3, 0.4) is 0 Å². The largest absolute Gasteiger partial charge is 0.465 e. The van der Waals surface area contributed by atoms with E-state index in [0.717, 1.165) is 5.56 Å². The monoisotopic (exact) mass is 290 g/mol. The van der Waals surface area contributed by atoms with Crippen molar-refractivity contribution in [2.45, 2.75) is 19.8 Å². The van der Waals surface area contributed by atoms with Gasteiger partial charge in [0.05, 0.1) is 19.1 Å². The fourth-order valence-corrected chi connectivity index (χ4v) is 2.84.